The number of hydrogen-bond donors (Lipinski definition) is 3. The van der Waals surface area contributed by atoms with Gasteiger partial charge in [0.05, 0.1) is 19.0 Å². The Hall–Kier alpha value is -0.210. The van der Waals surface area contributed by atoms with Crippen LogP contribution in [0, 0.1) is 5.92 Å². The van der Waals surface area contributed by atoms with E-state index in [-0.39, 0.29) is 0 Å². The molecular weight excluding hydrogens is 292 g/mol. The number of ether oxygens (including phenoxy) is 1. The van der Waals surface area contributed by atoms with Crippen molar-refractivity contribution in [2.45, 2.75) is 52.2 Å². The summed E-state index contributed by atoms with van der Waals surface area (Å²) in [5.41, 5.74) is -0.592. The van der Waals surface area contributed by atoms with Gasteiger partial charge in [-0.3, -0.25) is 0 Å². The fourth-order valence-corrected chi connectivity index (χ4v) is 3.04. The van der Waals surface area contributed by atoms with Crippen LogP contribution in [-0.2, 0) is 14.8 Å². The first-order chi connectivity index (χ1) is 9.52. The second-order valence-corrected chi connectivity index (χ2v) is 8.40. The average molecular weight is 324 g/mol. The van der Waals surface area contributed by atoms with Crippen molar-refractivity contribution in [1.82, 2.24) is 10.0 Å². The Kier molecular flexibility index (Phi) is 9.64. The smallest absolute Gasteiger partial charge is 0.209 e. The predicted octanol–water partition coefficient (Wildman–Crippen LogP) is 0.718. The average Bonchev–Trinajstić information content (AvgIpc) is 2.24. The molecular formula is C14H32N2O4S. The number of nitrogens with one attached hydrogen (secondary N) is 2. The van der Waals surface area contributed by atoms with E-state index in [1.165, 1.54) is 0 Å². The summed E-state index contributed by atoms with van der Waals surface area (Å²) in [6.45, 7) is 9.69. The summed E-state index contributed by atoms with van der Waals surface area (Å²) in [5.74, 6) is 0.671. The topological polar surface area (TPSA) is 87.7 Å². The molecule has 0 bridgehead atoms. The molecule has 128 valence electrons. The minimum atomic E-state index is -3.24. The molecule has 0 saturated heterocycles. The normalized spacial score (nSPS) is 14.6. The van der Waals surface area contributed by atoms with Crippen molar-refractivity contribution in [3.8, 4) is 0 Å². The molecule has 0 fully saturated rings. The van der Waals surface area contributed by atoms with E-state index < -0.39 is 21.7 Å². The van der Waals surface area contributed by atoms with Gasteiger partial charge in [0, 0.05) is 25.2 Å². The van der Waals surface area contributed by atoms with Gasteiger partial charge in [0.25, 0.3) is 0 Å². The molecule has 6 nitrogen and oxygen atoms in total. The Balaban J connectivity index is 3.72. The van der Waals surface area contributed by atoms with Crippen LogP contribution in [-0.4, -0.2) is 57.7 Å². The first-order valence-corrected chi connectivity index (χ1v) is 9.36. The minimum absolute atomic E-state index is 0.297. The summed E-state index contributed by atoms with van der Waals surface area (Å²) in [6.07, 6.45) is 2.68. The third-order valence-corrected chi connectivity index (χ3v) is 3.71. The van der Waals surface area contributed by atoms with Crippen LogP contribution in [0.4, 0.5) is 0 Å². The van der Waals surface area contributed by atoms with Crippen molar-refractivity contribution in [1.29, 1.82) is 0 Å². The lowest BCUT2D eigenvalue weighted by atomic mass is 10.1. The highest BCUT2D eigenvalue weighted by Gasteiger charge is 2.21. The third kappa shape index (κ3) is 14.5. The fourth-order valence-electron chi connectivity index (χ4n) is 1.96. The molecule has 0 saturated carbocycles. The molecule has 0 aliphatic rings. The highest BCUT2D eigenvalue weighted by atomic mass is 32.2. The van der Waals surface area contributed by atoms with Gasteiger partial charge in [0.1, 0.15) is 0 Å². The number of hydrogen-bond acceptors (Lipinski definition) is 5. The van der Waals surface area contributed by atoms with Crippen LogP contribution < -0.4 is 10.0 Å². The molecule has 7 heteroatoms. The lowest BCUT2D eigenvalue weighted by molar-refractivity contribution is 0.0343. The van der Waals surface area contributed by atoms with Gasteiger partial charge in [-0.05, 0) is 32.6 Å². The van der Waals surface area contributed by atoms with Crippen LogP contribution >= 0.6 is 0 Å². The highest BCUT2D eigenvalue weighted by molar-refractivity contribution is 7.88. The SMILES string of the molecule is CC(C)CCCOCC(O)CNCC(C)(C)NS(C)(=O)=O. The molecule has 21 heavy (non-hydrogen) atoms. The van der Waals surface area contributed by atoms with E-state index in [0.29, 0.717) is 32.2 Å². The zero-order chi connectivity index (χ0) is 16.5. The molecule has 0 rings (SSSR count). The van der Waals surface area contributed by atoms with Crippen LogP contribution in [0.2, 0.25) is 0 Å². The highest BCUT2D eigenvalue weighted by Crippen LogP contribution is 2.04. The van der Waals surface area contributed by atoms with Crippen LogP contribution in [0.5, 0.6) is 0 Å². The van der Waals surface area contributed by atoms with Gasteiger partial charge in [0.2, 0.25) is 10.0 Å². The molecule has 1 unspecified atom stereocenters. The molecule has 0 aliphatic heterocycles. The van der Waals surface area contributed by atoms with Gasteiger partial charge < -0.3 is 15.2 Å². The number of aliphatic hydroxyl groups is 1. The van der Waals surface area contributed by atoms with Crippen molar-refractivity contribution < 1.29 is 18.3 Å². The molecule has 0 amide bonds. The Bertz CT molecular complexity index is 369. The van der Waals surface area contributed by atoms with Crippen molar-refractivity contribution >= 4 is 10.0 Å². The molecule has 0 aromatic carbocycles. The molecule has 0 aliphatic carbocycles. The second kappa shape index (κ2) is 9.74. The number of rotatable bonds is 12. The summed E-state index contributed by atoms with van der Waals surface area (Å²) in [6, 6.07) is 0. The van der Waals surface area contributed by atoms with Gasteiger partial charge in [-0.15, -0.1) is 0 Å². The fraction of sp³-hybridized carbons (Fsp3) is 1.00. The van der Waals surface area contributed by atoms with E-state index in [2.05, 4.69) is 23.9 Å². The van der Waals surface area contributed by atoms with Gasteiger partial charge in [-0.25, -0.2) is 13.1 Å². The van der Waals surface area contributed by atoms with Crippen molar-refractivity contribution in [3.05, 3.63) is 0 Å². The first-order valence-electron chi connectivity index (χ1n) is 7.47. The Morgan fingerprint density at radius 2 is 1.90 bits per heavy atom. The summed E-state index contributed by atoms with van der Waals surface area (Å²) >= 11 is 0. The van der Waals surface area contributed by atoms with Gasteiger partial charge >= 0.3 is 0 Å². The zero-order valence-electron chi connectivity index (χ0n) is 14.0. The van der Waals surface area contributed by atoms with Crippen LogP contribution in [0.3, 0.4) is 0 Å². The second-order valence-electron chi connectivity index (χ2n) is 6.65. The molecule has 0 radical (unpaired) electrons. The Morgan fingerprint density at radius 3 is 2.43 bits per heavy atom. The summed E-state index contributed by atoms with van der Waals surface area (Å²) in [7, 11) is -3.24. The largest absolute Gasteiger partial charge is 0.389 e. The minimum Gasteiger partial charge on any atom is -0.389 e. The molecule has 0 spiro atoms. The van der Waals surface area contributed by atoms with Crippen LogP contribution in [0.25, 0.3) is 0 Å². The zero-order valence-corrected chi connectivity index (χ0v) is 14.8. The van der Waals surface area contributed by atoms with Gasteiger partial charge in [0.15, 0.2) is 0 Å². The lowest BCUT2D eigenvalue weighted by Gasteiger charge is -2.26. The quantitative estimate of drug-likeness (QED) is 0.460. The van der Waals surface area contributed by atoms with Gasteiger partial charge in [-0.2, -0.15) is 0 Å². The van der Waals surface area contributed by atoms with Gasteiger partial charge in [-0.1, -0.05) is 13.8 Å². The maximum atomic E-state index is 11.2. The monoisotopic (exact) mass is 324 g/mol. The molecule has 0 heterocycles. The standard InChI is InChI=1S/C14H32N2O4S/c1-12(2)7-6-8-20-10-13(17)9-15-11-14(3,4)16-21(5,18)19/h12-13,15-17H,6-11H2,1-5H3. The maximum Gasteiger partial charge on any atom is 0.209 e. The predicted molar refractivity (Wildman–Crippen MR) is 85.8 cm³/mol. The maximum absolute atomic E-state index is 11.2. The van der Waals surface area contributed by atoms with E-state index in [1.54, 1.807) is 13.8 Å². The molecule has 1 atom stereocenters. The van der Waals surface area contributed by atoms with E-state index in [0.717, 1.165) is 19.1 Å². The molecule has 0 aromatic heterocycles. The number of aliphatic hydroxyl groups excluding tert-OH is 1. The third-order valence-electron chi connectivity index (χ3n) is 2.79. The van der Waals surface area contributed by atoms with E-state index in [4.69, 9.17) is 4.74 Å². The van der Waals surface area contributed by atoms with Crippen molar-refractivity contribution in [2.75, 3.05) is 32.6 Å². The van der Waals surface area contributed by atoms with Crippen molar-refractivity contribution in [3.63, 3.8) is 0 Å². The number of sulfonamides is 1. The van der Waals surface area contributed by atoms with E-state index in [1.807, 2.05) is 0 Å². The van der Waals surface area contributed by atoms with E-state index >= 15 is 0 Å². The van der Waals surface area contributed by atoms with Crippen LogP contribution in [0.15, 0.2) is 0 Å². The molecule has 0 aromatic rings. The first kappa shape index (κ1) is 20.8. The summed E-state index contributed by atoms with van der Waals surface area (Å²) in [4.78, 5) is 0. The Morgan fingerprint density at radius 1 is 1.29 bits per heavy atom. The Labute approximate surface area is 129 Å². The molecule has 3 N–H and O–H groups in total. The summed E-state index contributed by atoms with van der Waals surface area (Å²) < 4.78 is 30.3. The van der Waals surface area contributed by atoms with Crippen molar-refractivity contribution in [2.24, 2.45) is 5.92 Å². The summed E-state index contributed by atoms with van der Waals surface area (Å²) in [5, 5.41) is 12.8. The lowest BCUT2D eigenvalue weighted by Crippen LogP contribution is -2.51. The van der Waals surface area contributed by atoms with Crippen LogP contribution in [0.1, 0.15) is 40.5 Å². The van der Waals surface area contributed by atoms with E-state index in [9.17, 15) is 13.5 Å².